The minimum Gasteiger partial charge on any atom is -0.508 e. The van der Waals surface area contributed by atoms with Crippen LogP contribution in [0.2, 0.25) is 0 Å². The highest BCUT2D eigenvalue weighted by Gasteiger charge is 2.31. The van der Waals surface area contributed by atoms with Crippen molar-refractivity contribution in [3.63, 3.8) is 0 Å². The molecule has 1 atom stereocenters. The van der Waals surface area contributed by atoms with Crippen molar-refractivity contribution in [2.24, 2.45) is 0 Å². The first kappa shape index (κ1) is 14.5. The number of carboxylic acid groups (broad SMARTS) is 1. The topological polar surface area (TPSA) is 69.6 Å². The Labute approximate surface area is 108 Å². The molecule has 0 aliphatic carbocycles. The quantitative estimate of drug-likeness (QED) is 0.694. The second-order valence-electron chi connectivity index (χ2n) is 4.73. The third-order valence-electron chi connectivity index (χ3n) is 3.09. The fraction of sp³-hybridized carbons (Fsp3) is 0.500. The molecule has 0 fully saturated rings. The Morgan fingerprint density at radius 1 is 1.33 bits per heavy atom. The van der Waals surface area contributed by atoms with Gasteiger partial charge in [0, 0.05) is 0 Å². The highest BCUT2D eigenvalue weighted by molar-refractivity contribution is 5.78. The summed E-state index contributed by atoms with van der Waals surface area (Å²) in [6, 6.07) is 6.87. The van der Waals surface area contributed by atoms with Gasteiger partial charge < -0.3 is 15.5 Å². The summed E-state index contributed by atoms with van der Waals surface area (Å²) >= 11 is 0. The van der Waals surface area contributed by atoms with Gasteiger partial charge in [-0.05, 0) is 50.4 Å². The van der Waals surface area contributed by atoms with E-state index in [0.29, 0.717) is 19.4 Å². The molecular formula is C14H21NO3. The van der Waals surface area contributed by atoms with Crippen LogP contribution >= 0.6 is 0 Å². The van der Waals surface area contributed by atoms with Crippen LogP contribution in [0.15, 0.2) is 24.3 Å². The van der Waals surface area contributed by atoms with Crippen LogP contribution in [0.3, 0.4) is 0 Å². The zero-order valence-electron chi connectivity index (χ0n) is 10.9. The average Bonchev–Trinajstić information content (AvgIpc) is 2.35. The first-order chi connectivity index (χ1) is 8.48. The van der Waals surface area contributed by atoms with E-state index in [0.717, 1.165) is 12.0 Å². The molecule has 18 heavy (non-hydrogen) atoms. The highest BCUT2D eigenvalue weighted by Crippen LogP contribution is 2.17. The lowest BCUT2D eigenvalue weighted by atomic mass is 9.93. The summed E-state index contributed by atoms with van der Waals surface area (Å²) < 4.78 is 0. The van der Waals surface area contributed by atoms with Gasteiger partial charge in [-0.3, -0.25) is 4.79 Å². The van der Waals surface area contributed by atoms with Crippen molar-refractivity contribution in [3.05, 3.63) is 29.8 Å². The van der Waals surface area contributed by atoms with Gasteiger partial charge >= 0.3 is 5.97 Å². The van der Waals surface area contributed by atoms with Crippen LogP contribution in [0.4, 0.5) is 0 Å². The smallest absolute Gasteiger partial charge is 0.323 e. The van der Waals surface area contributed by atoms with Crippen molar-refractivity contribution in [3.8, 4) is 5.75 Å². The normalized spacial score (nSPS) is 14.1. The molecule has 4 heteroatoms. The van der Waals surface area contributed by atoms with E-state index >= 15 is 0 Å². The molecule has 1 unspecified atom stereocenters. The van der Waals surface area contributed by atoms with Gasteiger partial charge in [0.1, 0.15) is 11.3 Å². The lowest BCUT2D eigenvalue weighted by molar-refractivity contribution is -0.144. The van der Waals surface area contributed by atoms with Crippen molar-refractivity contribution in [1.29, 1.82) is 0 Å². The molecule has 0 saturated carbocycles. The molecule has 0 aromatic heterocycles. The molecule has 0 radical (unpaired) electrons. The number of phenols is 1. The Morgan fingerprint density at radius 2 is 1.94 bits per heavy atom. The molecular weight excluding hydrogens is 230 g/mol. The number of carboxylic acids is 1. The molecule has 0 heterocycles. The zero-order valence-corrected chi connectivity index (χ0v) is 10.9. The number of benzene rings is 1. The number of carbonyl (C=O) groups is 1. The number of nitrogens with one attached hydrogen (secondary N) is 1. The van der Waals surface area contributed by atoms with Crippen molar-refractivity contribution in [1.82, 2.24) is 5.32 Å². The van der Waals surface area contributed by atoms with Gasteiger partial charge in [0.2, 0.25) is 0 Å². The SMILES string of the molecule is CCCNC(C)(CCc1ccc(O)cc1)C(=O)O. The van der Waals surface area contributed by atoms with Gasteiger partial charge in [0.05, 0.1) is 0 Å². The van der Waals surface area contributed by atoms with Crippen LogP contribution in [0.5, 0.6) is 5.75 Å². The van der Waals surface area contributed by atoms with E-state index in [4.69, 9.17) is 0 Å². The molecule has 3 N–H and O–H groups in total. The number of rotatable bonds is 7. The predicted molar refractivity (Wildman–Crippen MR) is 70.8 cm³/mol. The maximum absolute atomic E-state index is 11.3. The number of hydrogen-bond acceptors (Lipinski definition) is 3. The van der Waals surface area contributed by atoms with Crippen LogP contribution in [-0.2, 0) is 11.2 Å². The zero-order chi connectivity index (χ0) is 13.6. The summed E-state index contributed by atoms with van der Waals surface area (Å²) in [5.74, 6) is -0.599. The van der Waals surface area contributed by atoms with E-state index < -0.39 is 11.5 Å². The van der Waals surface area contributed by atoms with Gasteiger partial charge in [-0.15, -0.1) is 0 Å². The van der Waals surface area contributed by atoms with Crippen molar-refractivity contribution < 1.29 is 15.0 Å². The Morgan fingerprint density at radius 3 is 2.44 bits per heavy atom. The number of hydrogen-bond donors (Lipinski definition) is 3. The Kier molecular flexibility index (Phi) is 5.16. The fourth-order valence-electron chi connectivity index (χ4n) is 1.73. The molecule has 1 rings (SSSR count). The number of phenolic OH excluding ortho intramolecular Hbond substituents is 1. The monoisotopic (exact) mass is 251 g/mol. The minimum absolute atomic E-state index is 0.226. The highest BCUT2D eigenvalue weighted by atomic mass is 16.4. The molecule has 1 aromatic rings. The van der Waals surface area contributed by atoms with Gasteiger partial charge in [0.25, 0.3) is 0 Å². The third-order valence-corrected chi connectivity index (χ3v) is 3.09. The predicted octanol–water partition coefficient (Wildman–Crippen LogP) is 2.17. The van der Waals surface area contributed by atoms with E-state index in [1.165, 1.54) is 0 Å². The van der Waals surface area contributed by atoms with Gasteiger partial charge in [0.15, 0.2) is 0 Å². The van der Waals surface area contributed by atoms with Gasteiger partial charge in [-0.1, -0.05) is 19.1 Å². The first-order valence-electron chi connectivity index (χ1n) is 6.24. The van der Waals surface area contributed by atoms with Gasteiger partial charge in [-0.25, -0.2) is 0 Å². The molecule has 0 amide bonds. The number of aromatic hydroxyl groups is 1. The van der Waals surface area contributed by atoms with Crippen LogP contribution in [0, 0.1) is 0 Å². The van der Waals surface area contributed by atoms with Gasteiger partial charge in [-0.2, -0.15) is 0 Å². The van der Waals surface area contributed by atoms with E-state index in [1.54, 1.807) is 19.1 Å². The molecule has 100 valence electrons. The van der Waals surface area contributed by atoms with E-state index in [1.807, 2.05) is 19.1 Å². The minimum atomic E-state index is -0.895. The molecule has 1 aromatic carbocycles. The Hall–Kier alpha value is -1.55. The molecule has 0 bridgehead atoms. The van der Waals surface area contributed by atoms with E-state index in [9.17, 15) is 15.0 Å². The van der Waals surface area contributed by atoms with Crippen LogP contribution in [0.25, 0.3) is 0 Å². The maximum atomic E-state index is 11.3. The Bertz CT molecular complexity index is 389. The second-order valence-corrected chi connectivity index (χ2v) is 4.73. The number of aliphatic carboxylic acids is 1. The molecule has 0 aliphatic heterocycles. The molecule has 0 saturated heterocycles. The Balaban J connectivity index is 2.62. The maximum Gasteiger partial charge on any atom is 0.323 e. The summed E-state index contributed by atoms with van der Waals surface area (Å²) in [5, 5.41) is 21.5. The molecule has 4 nitrogen and oxygen atoms in total. The summed E-state index contributed by atoms with van der Waals surface area (Å²) in [6.07, 6.45) is 2.09. The fourth-order valence-corrected chi connectivity index (χ4v) is 1.73. The lowest BCUT2D eigenvalue weighted by Gasteiger charge is -2.26. The lowest BCUT2D eigenvalue weighted by Crippen LogP contribution is -2.50. The summed E-state index contributed by atoms with van der Waals surface area (Å²) in [5.41, 5.74) is 0.132. The average molecular weight is 251 g/mol. The first-order valence-corrected chi connectivity index (χ1v) is 6.24. The van der Waals surface area contributed by atoms with Crippen LogP contribution in [-0.4, -0.2) is 28.3 Å². The van der Waals surface area contributed by atoms with E-state index in [-0.39, 0.29) is 5.75 Å². The standard InChI is InChI=1S/C14H21NO3/c1-3-10-15-14(2,13(17)18)9-8-11-4-6-12(16)7-5-11/h4-7,15-16H,3,8-10H2,1-2H3,(H,17,18). The summed E-state index contributed by atoms with van der Waals surface area (Å²) in [7, 11) is 0. The number of aryl methyl sites for hydroxylation is 1. The largest absolute Gasteiger partial charge is 0.508 e. The summed E-state index contributed by atoms with van der Waals surface area (Å²) in [6.45, 7) is 4.42. The summed E-state index contributed by atoms with van der Waals surface area (Å²) in [4.78, 5) is 11.3. The van der Waals surface area contributed by atoms with E-state index in [2.05, 4.69) is 5.32 Å². The second kappa shape index (κ2) is 6.40. The van der Waals surface area contributed by atoms with Crippen LogP contribution in [0.1, 0.15) is 32.3 Å². The molecule has 0 spiro atoms. The van der Waals surface area contributed by atoms with Crippen LogP contribution < -0.4 is 5.32 Å². The van der Waals surface area contributed by atoms with Crippen molar-refractivity contribution in [2.75, 3.05) is 6.54 Å². The van der Waals surface area contributed by atoms with Crippen molar-refractivity contribution in [2.45, 2.75) is 38.6 Å². The van der Waals surface area contributed by atoms with Crippen molar-refractivity contribution >= 4 is 5.97 Å². The third kappa shape index (κ3) is 4.04. The molecule has 0 aliphatic rings.